The molecule has 0 saturated carbocycles. The zero-order valence-corrected chi connectivity index (χ0v) is 15.0. The monoisotopic (exact) mass is 351 g/mol. The number of carbonyl (C=O) groups is 1. The maximum absolute atomic E-state index is 13.1. The third-order valence-corrected chi connectivity index (χ3v) is 4.14. The van der Waals surface area contributed by atoms with Gasteiger partial charge in [-0.05, 0) is 30.2 Å². The van der Waals surface area contributed by atoms with Gasteiger partial charge in [0.05, 0.1) is 14.2 Å². The van der Waals surface area contributed by atoms with Crippen LogP contribution in [-0.4, -0.2) is 29.9 Å². The number of aromatic nitrogens is 2. The van der Waals surface area contributed by atoms with E-state index in [1.807, 2.05) is 43.3 Å². The van der Waals surface area contributed by atoms with Crippen molar-refractivity contribution < 1.29 is 14.3 Å². The predicted molar refractivity (Wildman–Crippen MR) is 99.7 cm³/mol. The van der Waals surface area contributed by atoms with Crippen LogP contribution in [-0.2, 0) is 4.79 Å². The van der Waals surface area contributed by atoms with E-state index < -0.39 is 6.04 Å². The molecule has 1 unspecified atom stereocenters. The van der Waals surface area contributed by atoms with Gasteiger partial charge in [0.25, 0.3) is 5.91 Å². The molecule has 1 atom stereocenters. The summed E-state index contributed by atoms with van der Waals surface area (Å²) < 4.78 is 12.3. The fourth-order valence-electron chi connectivity index (χ4n) is 2.81. The van der Waals surface area contributed by atoms with Crippen molar-refractivity contribution in [1.82, 2.24) is 9.78 Å². The van der Waals surface area contributed by atoms with Gasteiger partial charge in [0, 0.05) is 24.1 Å². The molecule has 134 valence electrons. The van der Waals surface area contributed by atoms with Gasteiger partial charge in [-0.25, -0.2) is 0 Å². The van der Waals surface area contributed by atoms with Crippen molar-refractivity contribution in [2.45, 2.75) is 13.0 Å². The first-order valence-corrected chi connectivity index (χ1v) is 8.21. The summed E-state index contributed by atoms with van der Waals surface area (Å²) in [7, 11) is 3.15. The Morgan fingerprint density at radius 2 is 1.77 bits per heavy atom. The summed E-state index contributed by atoms with van der Waals surface area (Å²) in [5.74, 6) is 0.994. The van der Waals surface area contributed by atoms with Crippen molar-refractivity contribution >= 4 is 11.6 Å². The van der Waals surface area contributed by atoms with Crippen LogP contribution in [0.15, 0.2) is 60.9 Å². The molecule has 6 nitrogen and oxygen atoms in total. The second-order valence-corrected chi connectivity index (χ2v) is 5.81. The van der Waals surface area contributed by atoms with E-state index >= 15 is 0 Å². The first kappa shape index (κ1) is 17.5. The molecule has 0 bridgehead atoms. The van der Waals surface area contributed by atoms with Crippen LogP contribution in [0, 0.1) is 6.92 Å². The van der Waals surface area contributed by atoms with Gasteiger partial charge in [0.15, 0.2) is 17.5 Å². The van der Waals surface area contributed by atoms with Crippen LogP contribution in [0.2, 0.25) is 0 Å². The number of nitrogens with one attached hydrogen (secondary N) is 1. The van der Waals surface area contributed by atoms with Gasteiger partial charge in [-0.3, -0.25) is 9.48 Å². The Morgan fingerprint density at radius 3 is 2.38 bits per heavy atom. The molecule has 0 aliphatic heterocycles. The fourth-order valence-corrected chi connectivity index (χ4v) is 2.81. The van der Waals surface area contributed by atoms with Crippen LogP contribution >= 0.6 is 0 Å². The van der Waals surface area contributed by atoms with E-state index in [1.165, 1.54) is 0 Å². The van der Waals surface area contributed by atoms with Crippen LogP contribution in [0.5, 0.6) is 11.5 Å². The molecule has 0 aliphatic rings. The van der Waals surface area contributed by atoms with Crippen LogP contribution < -0.4 is 14.8 Å². The molecule has 0 aliphatic carbocycles. The van der Waals surface area contributed by atoms with Gasteiger partial charge < -0.3 is 14.8 Å². The Hall–Kier alpha value is -3.28. The normalized spacial score (nSPS) is 11.7. The lowest BCUT2D eigenvalue weighted by atomic mass is 10.1. The number of benzene rings is 2. The summed E-state index contributed by atoms with van der Waals surface area (Å²) in [6.07, 6.45) is 3.43. The zero-order chi connectivity index (χ0) is 18.5. The van der Waals surface area contributed by atoms with Gasteiger partial charge in [-0.2, -0.15) is 5.10 Å². The molecule has 0 fully saturated rings. The third-order valence-electron chi connectivity index (χ3n) is 4.14. The number of rotatable bonds is 6. The van der Waals surface area contributed by atoms with E-state index in [4.69, 9.17) is 9.47 Å². The number of amides is 1. The van der Waals surface area contributed by atoms with E-state index in [0.29, 0.717) is 17.2 Å². The smallest absolute Gasteiger partial charge is 0.253 e. The van der Waals surface area contributed by atoms with Crippen molar-refractivity contribution in [2.24, 2.45) is 0 Å². The lowest BCUT2D eigenvalue weighted by molar-refractivity contribution is -0.118. The largest absolute Gasteiger partial charge is 0.493 e. The van der Waals surface area contributed by atoms with Crippen molar-refractivity contribution in [2.75, 3.05) is 19.5 Å². The minimum atomic E-state index is -0.571. The highest BCUT2D eigenvalue weighted by Gasteiger charge is 2.24. The lowest BCUT2D eigenvalue weighted by Gasteiger charge is -2.19. The second-order valence-electron chi connectivity index (χ2n) is 5.81. The first-order valence-electron chi connectivity index (χ1n) is 8.21. The van der Waals surface area contributed by atoms with Gasteiger partial charge in [0.1, 0.15) is 0 Å². The van der Waals surface area contributed by atoms with Crippen molar-refractivity contribution in [1.29, 1.82) is 0 Å². The molecule has 1 amide bonds. The molecule has 3 rings (SSSR count). The Labute approximate surface area is 152 Å². The van der Waals surface area contributed by atoms with Gasteiger partial charge >= 0.3 is 0 Å². The maximum Gasteiger partial charge on any atom is 0.253 e. The quantitative estimate of drug-likeness (QED) is 0.739. The summed E-state index contributed by atoms with van der Waals surface area (Å²) >= 11 is 0. The summed E-state index contributed by atoms with van der Waals surface area (Å²) in [6.45, 7) is 1.91. The van der Waals surface area contributed by atoms with E-state index in [0.717, 1.165) is 11.1 Å². The number of hydrogen-bond acceptors (Lipinski definition) is 4. The minimum absolute atomic E-state index is 0.185. The number of aryl methyl sites for hydroxylation is 1. The molecule has 26 heavy (non-hydrogen) atoms. The average molecular weight is 351 g/mol. The van der Waals surface area contributed by atoms with Crippen molar-refractivity contribution in [3.63, 3.8) is 0 Å². The molecule has 1 N–H and O–H groups in total. The molecule has 0 saturated heterocycles. The summed E-state index contributed by atoms with van der Waals surface area (Å²) in [4.78, 5) is 13.1. The van der Waals surface area contributed by atoms with Gasteiger partial charge in [0.2, 0.25) is 0 Å². The molecule has 0 radical (unpaired) electrons. The third kappa shape index (κ3) is 3.54. The van der Waals surface area contributed by atoms with E-state index in [9.17, 15) is 4.79 Å². The molecule has 0 spiro atoms. The molecular weight excluding hydrogens is 330 g/mol. The number of hydrogen-bond donors (Lipinski definition) is 1. The van der Waals surface area contributed by atoms with E-state index in [-0.39, 0.29) is 5.91 Å². The topological polar surface area (TPSA) is 65.4 Å². The Balaban J connectivity index is 1.94. The van der Waals surface area contributed by atoms with Crippen LogP contribution in [0.3, 0.4) is 0 Å². The molecule has 6 heteroatoms. The van der Waals surface area contributed by atoms with E-state index in [1.54, 1.807) is 43.4 Å². The number of anilines is 1. The summed E-state index contributed by atoms with van der Waals surface area (Å²) in [5, 5.41) is 7.24. The predicted octanol–water partition coefficient (Wildman–Crippen LogP) is 3.44. The van der Waals surface area contributed by atoms with Gasteiger partial charge in [-0.15, -0.1) is 0 Å². The number of ether oxygens (including phenoxy) is 2. The van der Waals surface area contributed by atoms with Gasteiger partial charge in [-0.1, -0.05) is 30.3 Å². The van der Waals surface area contributed by atoms with Crippen molar-refractivity contribution in [3.8, 4) is 11.5 Å². The highest BCUT2D eigenvalue weighted by Crippen LogP contribution is 2.33. The second kappa shape index (κ2) is 7.74. The summed E-state index contributed by atoms with van der Waals surface area (Å²) in [5.41, 5.74) is 2.40. The fraction of sp³-hybridized carbons (Fsp3) is 0.200. The molecule has 1 aromatic heterocycles. The maximum atomic E-state index is 13.1. The SMILES string of the molecule is COc1cc(C)c(NC(=O)C(c2ccccc2)n2cccn2)cc1OC. The first-order chi connectivity index (χ1) is 12.6. The van der Waals surface area contributed by atoms with Crippen LogP contribution in [0.1, 0.15) is 17.2 Å². The van der Waals surface area contributed by atoms with Crippen LogP contribution in [0.4, 0.5) is 5.69 Å². The Kier molecular flexibility index (Phi) is 5.22. The minimum Gasteiger partial charge on any atom is -0.493 e. The molecule has 3 aromatic rings. The molecule has 1 heterocycles. The number of carbonyl (C=O) groups excluding carboxylic acids is 1. The van der Waals surface area contributed by atoms with Crippen LogP contribution in [0.25, 0.3) is 0 Å². The average Bonchev–Trinajstić information content (AvgIpc) is 3.18. The highest BCUT2D eigenvalue weighted by molar-refractivity contribution is 5.96. The van der Waals surface area contributed by atoms with Crippen molar-refractivity contribution in [3.05, 3.63) is 72.1 Å². The summed E-state index contributed by atoms with van der Waals surface area (Å²) in [6, 6.07) is 14.4. The number of nitrogens with zero attached hydrogens (tertiary/aromatic N) is 2. The molecule has 2 aromatic carbocycles. The Morgan fingerprint density at radius 1 is 1.08 bits per heavy atom. The lowest BCUT2D eigenvalue weighted by Crippen LogP contribution is -2.27. The number of methoxy groups -OCH3 is 2. The Bertz CT molecular complexity index is 877. The molecular formula is C20H21N3O3. The highest BCUT2D eigenvalue weighted by atomic mass is 16.5. The zero-order valence-electron chi connectivity index (χ0n) is 15.0. The standard InChI is InChI=1S/C20H21N3O3/c1-14-12-17(25-2)18(26-3)13-16(14)22-20(24)19(23-11-7-10-21-23)15-8-5-4-6-9-15/h4-13,19H,1-3H3,(H,22,24). The van der Waals surface area contributed by atoms with E-state index in [2.05, 4.69) is 10.4 Å².